The van der Waals surface area contributed by atoms with E-state index in [0.29, 0.717) is 5.69 Å². The summed E-state index contributed by atoms with van der Waals surface area (Å²) in [5, 5.41) is 62.9. The molecule has 3 rings (SSSR count). The summed E-state index contributed by atoms with van der Waals surface area (Å²) in [6, 6.07) is 8.51. The van der Waals surface area contributed by atoms with E-state index in [2.05, 4.69) is 10.0 Å². The van der Waals surface area contributed by atoms with Crippen molar-refractivity contribution in [2.24, 2.45) is 5.11 Å². The molecule has 0 amide bonds. The van der Waals surface area contributed by atoms with Crippen LogP contribution in [0.1, 0.15) is 22.3 Å². The zero-order valence-electron chi connectivity index (χ0n) is 17.2. The first-order valence-corrected chi connectivity index (χ1v) is 9.95. The van der Waals surface area contributed by atoms with Gasteiger partial charge in [0.2, 0.25) is 6.29 Å². The van der Waals surface area contributed by atoms with Crippen LogP contribution in [0.15, 0.2) is 41.5 Å². The van der Waals surface area contributed by atoms with Crippen LogP contribution >= 0.6 is 0 Å². The van der Waals surface area contributed by atoms with Gasteiger partial charge >= 0.3 is 0 Å². The number of azide groups is 1. The quantitative estimate of drug-likeness (QED) is 0.143. The summed E-state index contributed by atoms with van der Waals surface area (Å²) in [6.45, 7) is -0.680. The molecule has 1 aliphatic rings. The van der Waals surface area contributed by atoms with E-state index in [1.165, 1.54) is 0 Å². The average molecular weight is 461 g/mol. The van der Waals surface area contributed by atoms with Gasteiger partial charge in [-0.2, -0.15) is 0 Å². The van der Waals surface area contributed by atoms with Gasteiger partial charge in [0.05, 0.1) is 6.61 Å². The number of aliphatic hydroxyl groups excluding tert-OH is 4. The number of aliphatic hydroxyl groups is 4. The molecule has 2 aromatic rings. The summed E-state index contributed by atoms with van der Waals surface area (Å²) in [7, 11) is 0. The number of carbonyl (C=O) groups excluding carboxylic acids is 1. The second-order valence-electron chi connectivity index (χ2n) is 7.43. The number of ketones is 1. The molecule has 1 fully saturated rings. The second kappa shape index (κ2) is 10.5. The Labute approximate surface area is 187 Å². The van der Waals surface area contributed by atoms with Crippen LogP contribution in [-0.4, -0.2) is 73.7 Å². The lowest BCUT2D eigenvalue weighted by atomic mass is 9.99. The minimum Gasteiger partial charge on any atom is -0.508 e. The molecular weight excluding hydrogens is 438 g/mol. The van der Waals surface area contributed by atoms with Gasteiger partial charge in [0.1, 0.15) is 47.2 Å². The molecule has 12 nitrogen and oxygen atoms in total. The van der Waals surface area contributed by atoms with E-state index in [1.807, 2.05) is 0 Å². The first-order valence-electron chi connectivity index (χ1n) is 9.95. The van der Waals surface area contributed by atoms with Gasteiger partial charge in [0.15, 0.2) is 5.78 Å². The van der Waals surface area contributed by atoms with Crippen molar-refractivity contribution < 1.29 is 44.9 Å². The summed E-state index contributed by atoms with van der Waals surface area (Å²) in [4.78, 5) is 15.6. The predicted octanol–water partition coefficient (Wildman–Crippen LogP) is 1.03. The van der Waals surface area contributed by atoms with Gasteiger partial charge in [-0.05, 0) is 17.5 Å². The molecule has 0 saturated carbocycles. The predicted molar refractivity (Wildman–Crippen MR) is 112 cm³/mol. The molecule has 5 atom stereocenters. The Morgan fingerprint density at radius 1 is 1.09 bits per heavy atom. The van der Waals surface area contributed by atoms with Crippen LogP contribution in [-0.2, 0) is 11.2 Å². The van der Waals surface area contributed by atoms with Gasteiger partial charge in [0, 0.05) is 29.2 Å². The summed E-state index contributed by atoms with van der Waals surface area (Å²) in [5.41, 5.74) is 9.34. The molecule has 0 aliphatic carbocycles. The maximum absolute atomic E-state index is 12.9. The van der Waals surface area contributed by atoms with Crippen molar-refractivity contribution in [3.63, 3.8) is 0 Å². The fourth-order valence-electron chi connectivity index (χ4n) is 3.41. The number of carbonyl (C=O) groups is 1. The third-order valence-electron chi connectivity index (χ3n) is 5.17. The topological polar surface area (TPSA) is 206 Å². The molecular formula is C21H23N3O9. The molecule has 0 aromatic heterocycles. The van der Waals surface area contributed by atoms with Crippen LogP contribution in [0.25, 0.3) is 10.4 Å². The monoisotopic (exact) mass is 461 g/mol. The summed E-state index contributed by atoms with van der Waals surface area (Å²) in [6.07, 6.45) is -7.70. The lowest BCUT2D eigenvalue weighted by Crippen LogP contribution is -2.60. The number of Topliss-reactive ketones (excluding diaryl/α,β-unsaturated/α-hetero) is 1. The SMILES string of the molecule is [N-]=[N+]=Nc1ccc(CCC(=O)c2c(O)cc(O)cc2OC2OC(CO)C(O)C(O)C2O)cc1. The molecule has 33 heavy (non-hydrogen) atoms. The number of rotatable bonds is 8. The highest BCUT2D eigenvalue weighted by Gasteiger charge is 2.45. The van der Waals surface area contributed by atoms with Crippen molar-refractivity contribution in [1.29, 1.82) is 0 Å². The third-order valence-corrected chi connectivity index (χ3v) is 5.17. The molecule has 176 valence electrons. The molecule has 5 unspecified atom stereocenters. The second-order valence-corrected chi connectivity index (χ2v) is 7.43. The number of phenolic OH excluding ortho intramolecular Hbond substituents is 2. The van der Waals surface area contributed by atoms with Crippen LogP contribution < -0.4 is 4.74 Å². The number of ether oxygens (including phenoxy) is 2. The fraction of sp³-hybridized carbons (Fsp3) is 0.381. The van der Waals surface area contributed by atoms with Crippen LogP contribution in [0.5, 0.6) is 17.2 Å². The van der Waals surface area contributed by atoms with Crippen molar-refractivity contribution in [2.45, 2.75) is 43.5 Å². The molecule has 0 spiro atoms. The van der Waals surface area contributed by atoms with E-state index in [0.717, 1.165) is 17.7 Å². The maximum Gasteiger partial charge on any atom is 0.229 e. The average Bonchev–Trinajstić information content (AvgIpc) is 2.78. The number of hydrogen-bond acceptors (Lipinski definition) is 10. The Kier molecular flexibility index (Phi) is 7.71. The van der Waals surface area contributed by atoms with Crippen molar-refractivity contribution in [3.8, 4) is 17.2 Å². The maximum atomic E-state index is 12.9. The number of nitrogens with zero attached hydrogens (tertiary/aromatic N) is 3. The van der Waals surface area contributed by atoms with E-state index < -0.39 is 54.6 Å². The van der Waals surface area contributed by atoms with Crippen LogP contribution in [0, 0.1) is 0 Å². The smallest absolute Gasteiger partial charge is 0.229 e. The standard InChI is InChI=1S/C21H23N3O9/c22-24-23-11-4-1-10(2-5-11)3-6-13(27)17-14(28)7-12(26)8-15(17)32-21-20(31)19(30)18(29)16(9-25)33-21/h1-2,4-5,7-8,16,18-21,25-26,28-31H,3,6,9H2. The Morgan fingerprint density at radius 3 is 2.42 bits per heavy atom. The van der Waals surface area contributed by atoms with E-state index >= 15 is 0 Å². The highest BCUT2D eigenvalue weighted by molar-refractivity contribution is 6.01. The summed E-state index contributed by atoms with van der Waals surface area (Å²) >= 11 is 0. The van der Waals surface area contributed by atoms with Gasteiger partial charge in [-0.1, -0.05) is 29.4 Å². The lowest BCUT2D eigenvalue weighted by Gasteiger charge is -2.39. The Morgan fingerprint density at radius 2 is 1.79 bits per heavy atom. The lowest BCUT2D eigenvalue weighted by molar-refractivity contribution is -0.277. The highest BCUT2D eigenvalue weighted by atomic mass is 16.7. The number of aromatic hydroxyl groups is 2. The molecule has 0 bridgehead atoms. The number of benzene rings is 2. The summed E-state index contributed by atoms with van der Waals surface area (Å²) < 4.78 is 10.8. The first kappa shape index (κ1) is 24.3. The van der Waals surface area contributed by atoms with Crippen molar-refractivity contribution >= 4 is 11.5 Å². The van der Waals surface area contributed by atoms with Crippen molar-refractivity contribution in [3.05, 3.63) is 58.0 Å². The molecule has 1 aliphatic heterocycles. The van der Waals surface area contributed by atoms with Gasteiger partial charge in [0.25, 0.3) is 0 Å². The van der Waals surface area contributed by atoms with Gasteiger partial charge in [-0.3, -0.25) is 4.79 Å². The van der Waals surface area contributed by atoms with Crippen molar-refractivity contribution in [1.82, 2.24) is 0 Å². The minimum atomic E-state index is -1.75. The summed E-state index contributed by atoms with van der Waals surface area (Å²) in [5.74, 6) is -1.87. The van der Waals surface area contributed by atoms with Crippen LogP contribution in [0.3, 0.4) is 0 Å². The third kappa shape index (κ3) is 5.52. The van der Waals surface area contributed by atoms with Crippen LogP contribution in [0.4, 0.5) is 5.69 Å². The molecule has 12 heteroatoms. The molecule has 6 N–H and O–H groups in total. The van der Waals surface area contributed by atoms with Gasteiger partial charge < -0.3 is 40.1 Å². The fourth-order valence-corrected chi connectivity index (χ4v) is 3.41. The van der Waals surface area contributed by atoms with Crippen LogP contribution in [0.2, 0.25) is 0 Å². The van der Waals surface area contributed by atoms with E-state index in [1.54, 1.807) is 24.3 Å². The minimum absolute atomic E-state index is 0.0652. The highest BCUT2D eigenvalue weighted by Crippen LogP contribution is 2.36. The Bertz CT molecular complexity index is 1040. The van der Waals surface area contributed by atoms with Gasteiger partial charge in [-0.15, -0.1) is 0 Å². The number of hydrogen-bond donors (Lipinski definition) is 6. The van der Waals surface area contributed by atoms with Crippen molar-refractivity contribution in [2.75, 3.05) is 6.61 Å². The molecule has 1 heterocycles. The van der Waals surface area contributed by atoms with E-state index in [-0.39, 0.29) is 24.2 Å². The normalized spacial score (nSPS) is 24.7. The zero-order valence-corrected chi connectivity index (χ0v) is 17.2. The van der Waals surface area contributed by atoms with E-state index in [4.69, 9.17) is 15.0 Å². The molecule has 2 aromatic carbocycles. The Hall–Kier alpha value is -3.38. The Balaban J connectivity index is 1.80. The van der Waals surface area contributed by atoms with E-state index in [9.17, 15) is 35.4 Å². The number of phenols is 2. The largest absolute Gasteiger partial charge is 0.508 e. The molecule has 0 radical (unpaired) electrons. The first-order chi connectivity index (χ1) is 15.7. The number of aryl methyl sites for hydroxylation is 1. The van der Waals surface area contributed by atoms with Gasteiger partial charge in [-0.25, -0.2) is 0 Å². The zero-order chi connectivity index (χ0) is 24.1. The molecule has 1 saturated heterocycles.